The standard InChI is InChI=1S/C16H21N3O4S/c1-24(22,23)19-7-6-11-8-12(4-5-14(11)19)16(21)18-13(9-15(17)20)10-2-3-10/h4-5,8,10,13H,2-3,6-7,9H2,1H3,(H2,17,20)(H,18,21)/t13-/m1/s1. The van der Waals surface area contributed by atoms with Gasteiger partial charge in [-0.3, -0.25) is 13.9 Å². The van der Waals surface area contributed by atoms with Crippen molar-refractivity contribution in [3.8, 4) is 0 Å². The van der Waals surface area contributed by atoms with Crippen molar-refractivity contribution >= 4 is 27.5 Å². The van der Waals surface area contributed by atoms with Crippen LogP contribution in [0.4, 0.5) is 5.69 Å². The van der Waals surface area contributed by atoms with E-state index in [1.807, 2.05) is 0 Å². The maximum absolute atomic E-state index is 12.5. The van der Waals surface area contributed by atoms with Crippen molar-refractivity contribution < 1.29 is 18.0 Å². The maximum Gasteiger partial charge on any atom is 0.251 e. The zero-order chi connectivity index (χ0) is 17.5. The predicted octanol–water partition coefficient (Wildman–Crippen LogP) is 0.392. The molecule has 1 saturated carbocycles. The van der Waals surface area contributed by atoms with Crippen molar-refractivity contribution in [1.29, 1.82) is 0 Å². The van der Waals surface area contributed by atoms with E-state index in [9.17, 15) is 18.0 Å². The van der Waals surface area contributed by atoms with Crippen molar-refractivity contribution in [2.45, 2.75) is 31.7 Å². The lowest BCUT2D eigenvalue weighted by atomic mass is 10.1. The molecule has 7 nitrogen and oxygen atoms in total. The van der Waals surface area contributed by atoms with Crippen LogP contribution >= 0.6 is 0 Å². The zero-order valence-electron chi connectivity index (χ0n) is 13.5. The molecule has 1 aromatic rings. The molecule has 1 fully saturated rings. The molecular weight excluding hydrogens is 330 g/mol. The number of nitrogens with two attached hydrogens (primary N) is 1. The number of amides is 2. The average molecular weight is 351 g/mol. The number of hydrogen-bond acceptors (Lipinski definition) is 4. The SMILES string of the molecule is CS(=O)(=O)N1CCc2cc(C(=O)N[C@H](CC(N)=O)C3CC3)ccc21. The molecule has 1 heterocycles. The van der Waals surface area contributed by atoms with Gasteiger partial charge in [0, 0.05) is 24.6 Å². The van der Waals surface area contributed by atoms with Gasteiger partial charge in [-0.15, -0.1) is 0 Å². The fraction of sp³-hybridized carbons (Fsp3) is 0.500. The number of nitrogens with one attached hydrogen (secondary N) is 1. The van der Waals surface area contributed by atoms with E-state index in [1.165, 1.54) is 10.6 Å². The minimum absolute atomic E-state index is 0.142. The van der Waals surface area contributed by atoms with Crippen LogP contribution in [0.5, 0.6) is 0 Å². The van der Waals surface area contributed by atoms with Crippen LogP contribution in [0.15, 0.2) is 18.2 Å². The second-order valence-corrected chi connectivity index (χ2v) is 8.42. The number of sulfonamides is 1. The van der Waals surface area contributed by atoms with Gasteiger partial charge in [-0.25, -0.2) is 8.42 Å². The second kappa shape index (κ2) is 6.08. The van der Waals surface area contributed by atoms with Gasteiger partial charge < -0.3 is 11.1 Å². The number of hydrogen-bond donors (Lipinski definition) is 2. The Labute approximate surface area is 141 Å². The van der Waals surface area contributed by atoms with Gasteiger partial charge in [-0.2, -0.15) is 0 Å². The molecule has 3 rings (SSSR count). The van der Waals surface area contributed by atoms with E-state index >= 15 is 0 Å². The fourth-order valence-corrected chi connectivity index (χ4v) is 4.12. The number of benzene rings is 1. The molecule has 2 aliphatic rings. The summed E-state index contributed by atoms with van der Waals surface area (Å²) in [7, 11) is -3.30. The van der Waals surface area contributed by atoms with E-state index < -0.39 is 15.9 Å². The molecule has 24 heavy (non-hydrogen) atoms. The molecular formula is C16H21N3O4S. The average Bonchev–Trinajstić information content (AvgIpc) is 3.23. The van der Waals surface area contributed by atoms with Gasteiger partial charge in [0.15, 0.2) is 0 Å². The minimum atomic E-state index is -3.30. The molecule has 1 aliphatic heterocycles. The van der Waals surface area contributed by atoms with Gasteiger partial charge in [0.05, 0.1) is 11.9 Å². The fourth-order valence-electron chi connectivity index (χ4n) is 3.16. The van der Waals surface area contributed by atoms with Crippen LogP contribution < -0.4 is 15.4 Å². The van der Waals surface area contributed by atoms with Gasteiger partial charge in [0.1, 0.15) is 0 Å². The van der Waals surface area contributed by atoms with Crippen molar-refractivity contribution in [3.63, 3.8) is 0 Å². The van der Waals surface area contributed by atoms with Crippen molar-refractivity contribution in [3.05, 3.63) is 29.3 Å². The Bertz CT molecular complexity index is 787. The molecule has 1 atom stereocenters. The molecule has 1 aliphatic carbocycles. The highest BCUT2D eigenvalue weighted by Gasteiger charge is 2.34. The minimum Gasteiger partial charge on any atom is -0.370 e. The van der Waals surface area contributed by atoms with Gasteiger partial charge in [-0.05, 0) is 48.9 Å². The molecule has 0 radical (unpaired) electrons. The van der Waals surface area contributed by atoms with Gasteiger partial charge in [0.25, 0.3) is 5.91 Å². The van der Waals surface area contributed by atoms with E-state index in [0.29, 0.717) is 30.1 Å². The van der Waals surface area contributed by atoms with Crippen molar-refractivity contribution in [2.75, 3.05) is 17.1 Å². The lowest BCUT2D eigenvalue weighted by Gasteiger charge is -2.18. The monoisotopic (exact) mass is 351 g/mol. The maximum atomic E-state index is 12.5. The van der Waals surface area contributed by atoms with E-state index in [2.05, 4.69) is 5.32 Å². The summed E-state index contributed by atoms with van der Waals surface area (Å²) in [6.45, 7) is 0.394. The Hall–Kier alpha value is -2.09. The Kier molecular flexibility index (Phi) is 4.25. The smallest absolute Gasteiger partial charge is 0.251 e. The first-order valence-electron chi connectivity index (χ1n) is 7.95. The van der Waals surface area contributed by atoms with Crippen LogP contribution in [0, 0.1) is 5.92 Å². The molecule has 130 valence electrons. The molecule has 0 spiro atoms. The topological polar surface area (TPSA) is 110 Å². The Morgan fingerprint density at radius 1 is 1.38 bits per heavy atom. The third kappa shape index (κ3) is 3.53. The Morgan fingerprint density at radius 2 is 2.08 bits per heavy atom. The summed E-state index contributed by atoms with van der Waals surface area (Å²) in [6.07, 6.45) is 3.88. The third-order valence-electron chi connectivity index (χ3n) is 4.52. The Morgan fingerprint density at radius 3 is 2.67 bits per heavy atom. The van der Waals surface area contributed by atoms with Crippen LogP contribution in [-0.2, 0) is 21.2 Å². The first kappa shape index (κ1) is 16.8. The first-order chi connectivity index (χ1) is 11.3. The molecule has 2 amide bonds. The van der Waals surface area contributed by atoms with Crippen LogP contribution in [0.25, 0.3) is 0 Å². The molecule has 0 saturated heterocycles. The normalized spacial score (nSPS) is 18.1. The van der Waals surface area contributed by atoms with E-state index in [-0.39, 0.29) is 18.4 Å². The second-order valence-electron chi connectivity index (χ2n) is 6.52. The summed E-state index contributed by atoms with van der Waals surface area (Å²) in [5.41, 5.74) is 7.19. The summed E-state index contributed by atoms with van der Waals surface area (Å²) in [6, 6.07) is 4.78. The highest BCUT2D eigenvalue weighted by Crippen LogP contribution is 2.34. The lowest BCUT2D eigenvalue weighted by Crippen LogP contribution is -2.39. The first-order valence-corrected chi connectivity index (χ1v) is 9.80. The number of fused-ring (bicyclic) bond motifs is 1. The quantitative estimate of drug-likeness (QED) is 0.772. The van der Waals surface area contributed by atoms with Crippen LogP contribution in [0.3, 0.4) is 0 Å². The van der Waals surface area contributed by atoms with Crippen LogP contribution in [0.1, 0.15) is 35.2 Å². The number of primary amides is 1. The summed E-state index contributed by atoms with van der Waals surface area (Å²) >= 11 is 0. The Balaban J connectivity index is 1.76. The zero-order valence-corrected chi connectivity index (χ0v) is 14.3. The van der Waals surface area contributed by atoms with Crippen LogP contribution in [0.2, 0.25) is 0 Å². The van der Waals surface area contributed by atoms with E-state index in [1.54, 1.807) is 18.2 Å². The lowest BCUT2D eigenvalue weighted by molar-refractivity contribution is -0.118. The number of carbonyl (C=O) groups excluding carboxylic acids is 2. The summed E-state index contributed by atoms with van der Waals surface area (Å²) in [4.78, 5) is 23.6. The number of nitrogens with zero attached hydrogens (tertiary/aromatic N) is 1. The summed E-state index contributed by atoms with van der Waals surface area (Å²) < 4.78 is 24.8. The highest BCUT2D eigenvalue weighted by molar-refractivity contribution is 7.92. The van der Waals surface area contributed by atoms with E-state index in [4.69, 9.17) is 5.73 Å². The molecule has 1 aromatic carbocycles. The van der Waals surface area contributed by atoms with E-state index in [0.717, 1.165) is 18.4 Å². The van der Waals surface area contributed by atoms with Gasteiger partial charge in [0.2, 0.25) is 15.9 Å². The van der Waals surface area contributed by atoms with Crippen LogP contribution in [-0.4, -0.2) is 39.1 Å². The van der Waals surface area contributed by atoms with Crippen molar-refractivity contribution in [1.82, 2.24) is 5.32 Å². The predicted molar refractivity (Wildman–Crippen MR) is 90.1 cm³/mol. The van der Waals surface area contributed by atoms with Crippen molar-refractivity contribution in [2.24, 2.45) is 11.7 Å². The summed E-state index contributed by atoms with van der Waals surface area (Å²) in [5.74, 6) is -0.365. The number of rotatable bonds is 6. The number of carbonyl (C=O) groups is 2. The molecule has 8 heteroatoms. The summed E-state index contributed by atoms with van der Waals surface area (Å²) in [5, 5.41) is 2.89. The highest BCUT2D eigenvalue weighted by atomic mass is 32.2. The molecule has 0 aromatic heterocycles. The largest absolute Gasteiger partial charge is 0.370 e. The molecule has 0 unspecified atom stereocenters. The number of anilines is 1. The van der Waals surface area contributed by atoms with Gasteiger partial charge in [-0.1, -0.05) is 0 Å². The molecule has 3 N–H and O–H groups in total. The third-order valence-corrected chi connectivity index (χ3v) is 5.70. The van der Waals surface area contributed by atoms with Gasteiger partial charge >= 0.3 is 0 Å². The molecule has 0 bridgehead atoms.